The zero-order valence-electron chi connectivity index (χ0n) is 13.0. The Morgan fingerprint density at radius 2 is 2.00 bits per heavy atom. The van der Waals surface area contributed by atoms with Crippen LogP contribution in [0.5, 0.6) is 0 Å². The molecular weight excluding hydrogens is 304 g/mol. The van der Waals surface area contributed by atoms with Crippen molar-refractivity contribution in [1.29, 1.82) is 0 Å². The molecule has 0 spiro atoms. The molecule has 2 heterocycles. The fourth-order valence-corrected chi connectivity index (χ4v) is 3.84. The van der Waals surface area contributed by atoms with Gasteiger partial charge < -0.3 is 18.9 Å². The topological polar surface area (TPSA) is 88.1 Å². The lowest BCUT2D eigenvalue weighted by Gasteiger charge is -2.40. The van der Waals surface area contributed by atoms with Gasteiger partial charge in [-0.25, -0.2) is 9.59 Å². The van der Waals surface area contributed by atoms with Crippen molar-refractivity contribution in [2.75, 3.05) is 6.79 Å². The average molecular weight is 324 g/mol. The highest BCUT2D eigenvalue weighted by molar-refractivity contribution is 5.86. The highest BCUT2D eigenvalue weighted by Crippen LogP contribution is 2.48. The van der Waals surface area contributed by atoms with Gasteiger partial charge in [-0.1, -0.05) is 6.58 Å². The Labute approximate surface area is 133 Å². The van der Waals surface area contributed by atoms with Gasteiger partial charge in [-0.2, -0.15) is 0 Å². The molecule has 23 heavy (non-hydrogen) atoms. The third kappa shape index (κ3) is 3.33. The first-order chi connectivity index (χ1) is 10.9. The van der Waals surface area contributed by atoms with Crippen LogP contribution in [-0.2, 0) is 28.5 Å². The molecule has 7 nitrogen and oxygen atoms in total. The average Bonchev–Trinajstić information content (AvgIpc) is 2.65. The summed E-state index contributed by atoms with van der Waals surface area (Å²) < 4.78 is 20.2. The summed E-state index contributed by atoms with van der Waals surface area (Å²) in [5.74, 6) is -0.322. The van der Waals surface area contributed by atoms with E-state index >= 15 is 0 Å². The van der Waals surface area contributed by atoms with Crippen molar-refractivity contribution in [3.05, 3.63) is 12.2 Å². The van der Waals surface area contributed by atoms with Crippen LogP contribution in [0.1, 0.15) is 32.6 Å². The summed E-state index contributed by atoms with van der Waals surface area (Å²) >= 11 is 0. The van der Waals surface area contributed by atoms with E-state index in [1.807, 2.05) is 0 Å². The first kappa shape index (κ1) is 15.8. The van der Waals surface area contributed by atoms with Crippen LogP contribution in [-0.4, -0.2) is 37.1 Å². The van der Waals surface area contributed by atoms with E-state index in [4.69, 9.17) is 14.2 Å². The van der Waals surface area contributed by atoms with Crippen molar-refractivity contribution >= 4 is 18.1 Å². The molecule has 2 aliphatic carbocycles. The van der Waals surface area contributed by atoms with Crippen LogP contribution in [0.15, 0.2) is 12.2 Å². The van der Waals surface area contributed by atoms with E-state index in [1.54, 1.807) is 0 Å². The summed E-state index contributed by atoms with van der Waals surface area (Å²) in [5.41, 5.74) is 0.214. The molecule has 0 radical (unpaired) electrons. The summed E-state index contributed by atoms with van der Waals surface area (Å²) in [5, 5.41) is 0. The Hall–Kier alpha value is -2.05. The number of ether oxygens (including phenoxy) is 4. The second-order valence-electron chi connectivity index (χ2n) is 6.55. The Morgan fingerprint density at radius 1 is 1.22 bits per heavy atom. The molecule has 5 atom stereocenters. The molecule has 5 unspecified atom stereocenters. The molecule has 0 aromatic rings. The van der Waals surface area contributed by atoms with Crippen LogP contribution in [0.2, 0.25) is 0 Å². The number of carbonyl (C=O) groups is 3. The first-order valence-corrected chi connectivity index (χ1v) is 7.80. The largest absolute Gasteiger partial charge is 0.511 e. The molecule has 0 N–H and O–H groups in total. The molecule has 4 bridgehead atoms. The minimum absolute atomic E-state index is 0.0788. The summed E-state index contributed by atoms with van der Waals surface area (Å²) in [6.07, 6.45) is 1.42. The van der Waals surface area contributed by atoms with E-state index in [1.165, 1.54) is 6.92 Å². The Balaban J connectivity index is 1.53. The van der Waals surface area contributed by atoms with Crippen LogP contribution >= 0.6 is 0 Å². The molecule has 0 amide bonds. The smallest absolute Gasteiger partial charge is 0.458 e. The van der Waals surface area contributed by atoms with Crippen molar-refractivity contribution in [2.45, 2.75) is 44.8 Å². The van der Waals surface area contributed by atoms with E-state index in [0.29, 0.717) is 12.3 Å². The van der Waals surface area contributed by atoms with Crippen LogP contribution in [0.4, 0.5) is 4.79 Å². The van der Waals surface area contributed by atoms with E-state index in [9.17, 15) is 14.4 Å². The first-order valence-electron chi connectivity index (χ1n) is 7.80. The van der Waals surface area contributed by atoms with Gasteiger partial charge in [0.25, 0.3) is 0 Å². The third-order valence-corrected chi connectivity index (χ3v) is 4.79. The summed E-state index contributed by atoms with van der Waals surface area (Å²) in [6.45, 7) is 4.38. The molecule has 0 aromatic carbocycles. The molecule has 2 aliphatic heterocycles. The van der Waals surface area contributed by atoms with E-state index in [2.05, 4.69) is 11.3 Å². The fourth-order valence-electron chi connectivity index (χ4n) is 3.84. The van der Waals surface area contributed by atoms with Gasteiger partial charge in [0.15, 0.2) is 0 Å². The van der Waals surface area contributed by atoms with Gasteiger partial charge in [0.05, 0.1) is 5.92 Å². The molecule has 4 fully saturated rings. The Kier molecular flexibility index (Phi) is 4.28. The van der Waals surface area contributed by atoms with E-state index in [0.717, 1.165) is 19.3 Å². The normalized spacial score (nSPS) is 34.3. The Morgan fingerprint density at radius 3 is 2.74 bits per heavy atom. The lowest BCUT2D eigenvalue weighted by Crippen LogP contribution is -2.45. The predicted molar refractivity (Wildman–Crippen MR) is 75.9 cm³/mol. The molecule has 4 aliphatic rings. The third-order valence-electron chi connectivity index (χ3n) is 4.79. The second kappa shape index (κ2) is 6.22. The maximum Gasteiger partial charge on any atom is 0.511 e. The maximum absolute atomic E-state index is 11.9. The number of hydrogen-bond donors (Lipinski definition) is 0. The summed E-state index contributed by atoms with van der Waals surface area (Å²) in [6, 6.07) is 0. The standard InChI is InChI=1S/C16H20O7/c1-8(2)14(17)20-7-21-16(19)23-13-10-3-9-4-11(6-10)15(18)22-12(13)5-9/h9-13H,1,3-7H2,2H3. The molecular formula is C16H20O7. The monoisotopic (exact) mass is 324 g/mol. The van der Waals surface area contributed by atoms with E-state index < -0.39 is 31.1 Å². The van der Waals surface area contributed by atoms with Gasteiger partial charge in [-0.15, -0.1) is 0 Å². The number of hydrogen-bond acceptors (Lipinski definition) is 7. The van der Waals surface area contributed by atoms with Crippen LogP contribution < -0.4 is 0 Å². The lowest BCUT2D eigenvalue weighted by atomic mass is 9.67. The van der Waals surface area contributed by atoms with Gasteiger partial charge in [-0.05, 0) is 38.5 Å². The van der Waals surface area contributed by atoms with Crippen molar-refractivity contribution in [1.82, 2.24) is 0 Å². The molecule has 126 valence electrons. The number of esters is 2. The number of fused-ring (bicyclic) bond motifs is 1. The summed E-state index contributed by atoms with van der Waals surface area (Å²) in [7, 11) is 0. The SMILES string of the molecule is C=C(C)C(=O)OCOC(=O)OC1C2CC3CC(C2)C(=O)OC1C3. The molecule has 2 saturated heterocycles. The molecule has 2 saturated carbocycles. The fraction of sp³-hybridized carbons (Fsp3) is 0.688. The molecule has 4 rings (SSSR count). The van der Waals surface area contributed by atoms with Crippen molar-refractivity contribution < 1.29 is 33.3 Å². The number of carbonyl (C=O) groups excluding carboxylic acids is 3. The number of rotatable bonds is 4. The minimum Gasteiger partial charge on any atom is -0.458 e. The van der Waals surface area contributed by atoms with Gasteiger partial charge in [-0.3, -0.25) is 4.79 Å². The minimum atomic E-state index is -0.923. The highest BCUT2D eigenvalue weighted by atomic mass is 16.8. The van der Waals surface area contributed by atoms with Gasteiger partial charge in [0.2, 0.25) is 6.79 Å². The van der Waals surface area contributed by atoms with E-state index in [-0.39, 0.29) is 23.4 Å². The van der Waals surface area contributed by atoms with Gasteiger partial charge >= 0.3 is 18.1 Å². The van der Waals surface area contributed by atoms with Crippen molar-refractivity contribution in [3.8, 4) is 0 Å². The Bertz CT molecular complexity index is 541. The lowest BCUT2D eigenvalue weighted by molar-refractivity contribution is -0.160. The summed E-state index contributed by atoms with van der Waals surface area (Å²) in [4.78, 5) is 34.9. The zero-order chi connectivity index (χ0) is 16.6. The van der Waals surface area contributed by atoms with Crippen LogP contribution in [0, 0.1) is 17.8 Å². The second-order valence-corrected chi connectivity index (χ2v) is 6.55. The van der Waals surface area contributed by atoms with Gasteiger partial charge in [0.1, 0.15) is 12.2 Å². The van der Waals surface area contributed by atoms with Gasteiger partial charge in [0, 0.05) is 11.5 Å². The molecule has 7 heteroatoms. The van der Waals surface area contributed by atoms with Crippen molar-refractivity contribution in [2.24, 2.45) is 17.8 Å². The molecule has 0 aromatic heterocycles. The predicted octanol–water partition coefficient (Wildman–Crippen LogP) is 1.95. The van der Waals surface area contributed by atoms with Crippen molar-refractivity contribution in [3.63, 3.8) is 0 Å². The quantitative estimate of drug-likeness (QED) is 0.338. The van der Waals surface area contributed by atoms with Crippen LogP contribution in [0.3, 0.4) is 0 Å². The van der Waals surface area contributed by atoms with Crippen LogP contribution in [0.25, 0.3) is 0 Å². The zero-order valence-corrected chi connectivity index (χ0v) is 13.0. The maximum atomic E-state index is 11.9. The highest BCUT2D eigenvalue weighted by Gasteiger charge is 2.51.